The van der Waals surface area contributed by atoms with E-state index in [1.807, 2.05) is 18.2 Å². The lowest BCUT2D eigenvalue weighted by atomic mass is 9.83. The van der Waals surface area contributed by atoms with Gasteiger partial charge in [-0.15, -0.1) is 0 Å². The quantitative estimate of drug-likeness (QED) is 0.824. The topological polar surface area (TPSA) is 106 Å². The Morgan fingerprint density at radius 2 is 1.72 bits per heavy atom. The van der Waals surface area contributed by atoms with Gasteiger partial charge in [0, 0.05) is 6.54 Å². The highest BCUT2D eigenvalue weighted by atomic mass is 32.2. The molecule has 25 heavy (non-hydrogen) atoms. The Labute approximate surface area is 148 Å². The Kier molecular flexibility index (Phi) is 4.97. The summed E-state index contributed by atoms with van der Waals surface area (Å²) >= 11 is 0. The zero-order valence-electron chi connectivity index (χ0n) is 13.6. The second-order valence-electron chi connectivity index (χ2n) is 6.16. The summed E-state index contributed by atoms with van der Waals surface area (Å²) in [6, 6.07) is 13.1. The molecule has 0 aromatic heterocycles. The fraction of sp³-hybridized carbons (Fsp3) is 0.294. The molecule has 0 radical (unpaired) electrons. The molecule has 0 spiro atoms. The lowest BCUT2D eigenvalue weighted by molar-refractivity contribution is 0.529. The first kappa shape index (κ1) is 18.1. The van der Waals surface area contributed by atoms with Crippen molar-refractivity contribution in [2.24, 2.45) is 5.14 Å². The van der Waals surface area contributed by atoms with Crippen LogP contribution in [0.2, 0.25) is 0 Å². The van der Waals surface area contributed by atoms with Gasteiger partial charge in [0.15, 0.2) is 0 Å². The molecule has 2 aromatic rings. The minimum Gasteiger partial charge on any atom is -0.225 e. The van der Waals surface area contributed by atoms with Gasteiger partial charge < -0.3 is 0 Å². The maximum absolute atomic E-state index is 12.5. The average molecular weight is 380 g/mol. The lowest BCUT2D eigenvalue weighted by Crippen LogP contribution is -2.30. The summed E-state index contributed by atoms with van der Waals surface area (Å²) in [6.45, 7) is 0.277. The molecule has 2 aromatic carbocycles. The van der Waals surface area contributed by atoms with Crippen molar-refractivity contribution in [1.29, 1.82) is 0 Å². The Bertz CT molecular complexity index is 985. The van der Waals surface area contributed by atoms with Crippen LogP contribution in [0.4, 0.5) is 0 Å². The molecule has 0 bridgehead atoms. The molecule has 0 fully saturated rings. The van der Waals surface area contributed by atoms with Gasteiger partial charge in [-0.2, -0.15) is 0 Å². The van der Waals surface area contributed by atoms with Gasteiger partial charge in [0.2, 0.25) is 20.0 Å². The summed E-state index contributed by atoms with van der Waals surface area (Å²) in [6.07, 6.45) is 2.94. The van der Waals surface area contributed by atoms with E-state index >= 15 is 0 Å². The van der Waals surface area contributed by atoms with Crippen LogP contribution in [-0.2, 0) is 26.5 Å². The highest BCUT2D eigenvalue weighted by molar-refractivity contribution is 7.90. The number of aryl methyl sites for hydroxylation is 1. The Morgan fingerprint density at radius 1 is 1.00 bits per heavy atom. The molecular formula is C17H20N2O4S2. The third kappa shape index (κ3) is 4.09. The largest absolute Gasteiger partial charge is 0.240 e. The summed E-state index contributed by atoms with van der Waals surface area (Å²) in [5.41, 5.74) is 2.43. The normalized spacial score (nSPS) is 17.9. The van der Waals surface area contributed by atoms with E-state index in [2.05, 4.69) is 10.8 Å². The number of nitrogens with one attached hydrogen (secondary N) is 1. The van der Waals surface area contributed by atoms with Crippen LogP contribution in [0.5, 0.6) is 0 Å². The molecule has 3 N–H and O–H groups in total. The number of rotatable bonds is 5. The smallest absolute Gasteiger partial charge is 0.225 e. The lowest BCUT2D eigenvalue weighted by Gasteiger charge is -2.25. The SMILES string of the molecule is NS(=O)(=O)c1cccc(S(=O)(=O)NCC2CCCc3ccccc32)c1. The van der Waals surface area contributed by atoms with Crippen molar-refractivity contribution < 1.29 is 16.8 Å². The number of primary sulfonamides is 1. The number of sulfonamides is 2. The third-order valence-electron chi connectivity index (χ3n) is 4.46. The van der Waals surface area contributed by atoms with Gasteiger partial charge >= 0.3 is 0 Å². The number of hydrogen-bond donors (Lipinski definition) is 2. The maximum atomic E-state index is 12.5. The molecule has 0 aliphatic heterocycles. The van der Waals surface area contributed by atoms with Crippen molar-refractivity contribution in [1.82, 2.24) is 4.72 Å². The van der Waals surface area contributed by atoms with Crippen LogP contribution in [0.25, 0.3) is 0 Å². The van der Waals surface area contributed by atoms with E-state index in [-0.39, 0.29) is 22.3 Å². The van der Waals surface area contributed by atoms with Gasteiger partial charge in [-0.25, -0.2) is 26.7 Å². The van der Waals surface area contributed by atoms with Gasteiger partial charge in [0.05, 0.1) is 9.79 Å². The van der Waals surface area contributed by atoms with E-state index in [0.29, 0.717) is 0 Å². The van der Waals surface area contributed by atoms with Crippen LogP contribution in [0.1, 0.15) is 29.9 Å². The molecule has 0 amide bonds. The van der Waals surface area contributed by atoms with E-state index in [4.69, 9.17) is 5.14 Å². The summed E-state index contributed by atoms with van der Waals surface area (Å²) in [7, 11) is -7.77. The second kappa shape index (κ2) is 6.87. The van der Waals surface area contributed by atoms with Crippen LogP contribution in [0.3, 0.4) is 0 Å². The molecule has 1 aliphatic carbocycles. The Balaban J connectivity index is 1.80. The van der Waals surface area contributed by atoms with E-state index in [1.54, 1.807) is 0 Å². The third-order valence-corrected chi connectivity index (χ3v) is 6.79. The first-order chi connectivity index (χ1) is 11.8. The summed E-state index contributed by atoms with van der Waals surface area (Å²) in [5, 5.41) is 5.07. The van der Waals surface area contributed by atoms with E-state index in [9.17, 15) is 16.8 Å². The van der Waals surface area contributed by atoms with Crippen molar-refractivity contribution >= 4 is 20.0 Å². The Morgan fingerprint density at radius 3 is 2.48 bits per heavy atom. The van der Waals surface area contributed by atoms with E-state index in [0.717, 1.165) is 25.3 Å². The minimum atomic E-state index is -3.95. The molecule has 1 aliphatic rings. The van der Waals surface area contributed by atoms with Gasteiger partial charge in [-0.3, -0.25) is 0 Å². The van der Waals surface area contributed by atoms with Crippen LogP contribution in [-0.4, -0.2) is 23.4 Å². The van der Waals surface area contributed by atoms with Crippen molar-refractivity contribution in [2.75, 3.05) is 6.54 Å². The zero-order chi connectivity index (χ0) is 18.1. The van der Waals surface area contributed by atoms with Crippen molar-refractivity contribution in [3.63, 3.8) is 0 Å². The van der Waals surface area contributed by atoms with Crippen molar-refractivity contribution in [2.45, 2.75) is 35.0 Å². The van der Waals surface area contributed by atoms with Crippen LogP contribution in [0.15, 0.2) is 58.3 Å². The number of hydrogen-bond acceptors (Lipinski definition) is 4. The standard InChI is InChI=1S/C17H20N2O4S2/c18-24(20,21)15-8-4-9-16(11-15)25(22,23)19-12-14-7-3-6-13-5-1-2-10-17(13)14/h1-2,4-5,8-11,14,19H,3,6-7,12H2,(H2,18,20,21). The highest BCUT2D eigenvalue weighted by Crippen LogP contribution is 2.31. The second-order valence-corrected chi connectivity index (χ2v) is 9.49. The predicted molar refractivity (Wildman–Crippen MR) is 95.1 cm³/mol. The first-order valence-electron chi connectivity index (χ1n) is 7.98. The molecule has 134 valence electrons. The van der Waals surface area contributed by atoms with Crippen LogP contribution < -0.4 is 9.86 Å². The molecular weight excluding hydrogens is 360 g/mol. The Hall–Kier alpha value is -1.74. The maximum Gasteiger partial charge on any atom is 0.240 e. The fourth-order valence-electron chi connectivity index (χ4n) is 3.18. The van der Waals surface area contributed by atoms with Crippen molar-refractivity contribution in [3.8, 4) is 0 Å². The molecule has 0 heterocycles. The van der Waals surface area contributed by atoms with Gasteiger partial charge in [-0.1, -0.05) is 30.3 Å². The predicted octanol–water partition coefficient (Wildman–Crippen LogP) is 1.73. The van der Waals surface area contributed by atoms with Crippen molar-refractivity contribution in [3.05, 3.63) is 59.7 Å². The van der Waals surface area contributed by atoms with Crippen LogP contribution in [0, 0.1) is 0 Å². The van der Waals surface area contributed by atoms with Gasteiger partial charge in [-0.05, 0) is 54.5 Å². The molecule has 1 atom stereocenters. The molecule has 6 nitrogen and oxygen atoms in total. The summed E-state index contributed by atoms with van der Waals surface area (Å²) < 4.78 is 50.5. The zero-order valence-corrected chi connectivity index (χ0v) is 15.2. The summed E-state index contributed by atoms with van der Waals surface area (Å²) in [4.78, 5) is -0.332. The number of nitrogens with two attached hydrogens (primary N) is 1. The first-order valence-corrected chi connectivity index (χ1v) is 11.0. The van der Waals surface area contributed by atoms with Gasteiger partial charge in [0.25, 0.3) is 0 Å². The average Bonchev–Trinajstić information content (AvgIpc) is 2.59. The molecule has 1 unspecified atom stereocenters. The molecule has 0 saturated carbocycles. The highest BCUT2D eigenvalue weighted by Gasteiger charge is 2.23. The molecule has 0 saturated heterocycles. The van der Waals surface area contributed by atoms with Crippen LogP contribution >= 0.6 is 0 Å². The van der Waals surface area contributed by atoms with E-state index < -0.39 is 20.0 Å². The molecule has 3 rings (SSSR count). The minimum absolute atomic E-state index is 0.108. The monoisotopic (exact) mass is 380 g/mol. The fourth-order valence-corrected chi connectivity index (χ4v) is 4.94. The van der Waals surface area contributed by atoms with Gasteiger partial charge in [0.1, 0.15) is 0 Å². The summed E-state index contributed by atoms with van der Waals surface area (Å²) in [5.74, 6) is 0.112. The molecule has 8 heteroatoms. The number of fused-ring (bicyclic) bond motifs is 1. The van der Waals surface area contributed by atoms with E-state index in [1.165, 1.54) is 29.3 Å². The number of benzene rings is 2.